The van der Waals surface area contributed by atoms with Gasteiger partial charge in [0, 0.05) is 23.3 Å². The number of halogens is 1. The molecule has 0 radical (unpaired) electrons. The van der Waals surface area contributed by atoms with Crippen LogP contribution in [0.1, 0.15) is 13.8 Å². The van der Waals surface area contributed by atoms with E-state index in [1.807, 2.05) is 29.8 Å². The Hall–Kier alpha value is -3.20. The topological polar surface area (TPSA) is 84.5 Å². The Kier molecular flexibility index (Phi) is 4.60. The second kappa shape index (κ2) is 7.08. The minimum absolute atomic E-state index is 0.0862. The third-order valence-electron chi connectivity index (χ3n) is 4.19. The first-order valence-corrected chi connectivity index (χ1v) is 9.47. The molecule has 1 N–H and O–H groups in total. The quantitative estimate of drug-likeness (QED) is 0.481. The highest BCUT2D eigenvalue weighted by Gasteiger charge is 2.21. The number of benzene rings is 1. The molecule has 3 heterocycles. The van der Waals surface area contributed by atoms with Crippen molar-refractivity contribution in [2.75, 3.05) is 11.9 Å². The number of fused-ring (bicyclic) bond motifs is 1. The minimum Gasteiger partial charge on any atom is -0.347 e. The molecule has 3 aromatic heterocycles. The van der Waals surface area contributed by atoms with E-state index in [2.05, 4.69) is 20.5 Å². The van der Waals surface area contributed by atoms with E-state index in [9.17, 15) is 9.30 Å². The summed E-state index contributed by atoms with van der Waals surface area (Å²) in [4.78, 5) is 25.0. The molecule has 0 aliphatic heterocycles. The average molecular weight is 396 g/mol. The molecule has 142 valence electrons. The normalized spacial score (nSPS) is 11.7. The van der Waals surface area contributed by atoms with Crippen molar-refractivity contribution in [3.05, 3.63) is 58.8 Å². The van der Waals surface area contributed by atoms with Crippen LogP contribution in [-0.4, -0.2) is 31.4 Å². The van der Waals surface area contributed by atoms with E-state index in [1.165, 1.54) is 23.5 Å². The highest BCUT2D eigenvalue weighted by molar-refractivity contribution is 7.15. The Bertz CT molecular complexity index is 1140. The summed E-state index contributed by atoms with van der Waals surface area (Å²) in [5, 5.41) is 8.04. The van der Waals surface area contributed by atoms with Crippen LogP contribution in [0.15, 0.2) is 53.3 Å². The van der Waals surface area contributed by atoms with Crippen molar-refractivity contribution in [1.29, 1.82) is 0 Å². The summed E-state index contributed by atoms with van der Waals surface area (Å²) in [6.07, 6.45) is 3.57. The summed E-state index contributed by atoms with van der Waals surface area (Å²) < 4.78 is 15.3. The third-order valence-corrected chi connectivity index (χ3v) is 4.94. The summed E-state index contributed by atoms with van der Waals surface area (Å²) in [6.45, 7) is 3.79. The number of anilines is 1. The molecule has 0 bridgehead atoms. The van der Waals surface area contributed by atoms with Crippen LogP contribution >= 0.6 is 11.3 Å². The number of rotatable bonds is 6. The lowest BCUT2D eigenvalue weighted by Gasteiger charge is -2.22. The van der Waals surface area contributed by atoms with Crippen molar-refractivity contribution in [3.63, 3.8) is 0 Å². The van der Waals surface area contributed by atoms with Gasteiger partial charge in [-0.1, -0.05) is 5.18 Å². The van der Waals surface area contributed by atoms with Crippen LogP contribution in [0.25, 0.3) is 27.6 Å². The second-order valence-electron chi connectivity index (χ2n) is 6.93. The van der Waals surface area contributed by atoms with Crippen LogP contribution in [-0.2, 0) is 0 Å². The van der Waals surface area contributed by atoms with E-state index in [4.69, 9.17) is 4.98 Å². The predicted molar refractivity (Wildman–Crippen MR) is 108 cm³/mol. The number of hydrogen-bond acceptors (Lipinski definition) is 7. The molecule has 28 heavy (non-hydrogen) atoms. The van der Waals surface area contributed by atoms with Gasteiger partial charge in [0.1, 0.15) is 18.1 Å². The van der Waals surface area contributed by atoms with Gasteiger partial charge in [0.2, 0.25) is 5.95 Å². The summed E-state index contributed by atoms with van der Waals surface area (Å²) in [6, 6.07) is 8.02. The molecular formula is C19H17FN6OS. The fourth-order valence-electron chi connectivity index (χ4n) is 2.89. The molecule has 7 nitrogen and oxygen atoms in total. The Morgan fingerprint density at radius 1 is 1.21 bits per heavy atom. The second-order valence-corrected chi connectivity index (χ2v) is 7.81. The van der Waals surface area contributed by atoms with Gasteiger partial charge in [-0.25, -0.2) is 19.3 Å². The molecule has 0 atom stereocenters. The van der Waals surface area contributed by atoms with Crippen LogP contribution in [0, 0.1) is 10.7 Å². The van der Waals surface area contributed by atoms with Crippen molar-refractivity contribution >= 4 is 22.2 Å². The van der Waals surface area contributed by atoms with Crippen LogP contribution in [0.4, 0.5) is 10.3 Å². The highest BCUT2D eigenvalue weighted by atomic mass is 32.1. The molecule has 0 aliphatic carbocycles. The molecule has 0 spiro atoms. The summed E-state index contributed by atoms with van der Waals surface area (Å²) in [7, 11) is 0. The molecule has 4 rings (SSSR count). The molecule has 0 aliphatic rings. The van der Waals surface area contributed by atoms with Gasteiger partial charge in [-0.2, -0.15) is 4.91 Å². The number of nitrogens with one attached hydrogen (secondary N) is 1. The van der Waals surface area contributed by atoms with Crippen molar-refractivity contribution in [3.8, 4) is 22.6 Å². The standard InChI is InChI=1S/C19H17FN6OS/c1-19(2,11-22-27)25-17-21-8-7-14(23-17)16-15(12-3-5-13(20)6-4-12)24-18-26(16)9-10-28-18/h3-10H,11H2,1-2H3,(H,21,23,25). The zero-order valence-electron chi connectivity index (χ0n) is 15.3. The number of hydrogen-bond donors (Lipinski definition) is 1. The Morgan fingerprint density at radius 2 is 2.00 bits per heavy atom. The highest BCUT2D eigenvalue weighted by Crippen LogP contribution is 2.33. The van der Waals surface area contributed by atoms with E-state index in [0.29, 0.717) is 17.3 Å². The number of nitrogens with zero attached hydrogens (tertiary/aromatic N) is 5. The first-order chi connectivity index (χ1) is 13.5. The minimum atomic E-state index is -0.574. The summed E-state index contributed by atoms with van der Waals surface area (Å²) >= 11 is 1.51. The Balaban J connectivity index is 1.82. The SMILES string of the molecule is CC(C)(CN=O)Nc1nccc(-c2c(-c3ccc(F)cc3)nc3sccn23)n1. The molecular weight excluding hydrogens is 379 g/mol. The number of thiazole rings is 1. The van der Waals surface area contributed by atoms with Gasteiger partial charge in [-0.15, -0.1) is 11.3 Å². The number of nitroso groups, excluding NO2 is 1. The van der Waals surface area contributed by atoms with Crippen LogP contribution < -0.4 is 5.32 Å². The van der Waals surface area contributed by atoms with Crippen molar-refractivity contribution in [1.82, 2.24) is 19.4 Å². The molecule has 0 saturated heterocycles. The molecule has 0 fully saturated rings. The lowest BCUT2D eigenvalue weighted by molar-refractivity contribution is 0.573. The van der Waals surface area contributed by atoms with Gasteiger partial charge in [-0.05, 0) is 44.2 Å². The third kappa shape index (κ3) is 3.48. The van der Waals surface area contributed by atoms with Crippen LogP contribution in [0.3, 0.4) is 0 Å². The average Bonchev–Trinajstić information content (AvgIpc) is 3.23. The van der Waals surface area contributed by atoms with Crippen LogP contribution in [0.5, 0.6) is 0 Å². The first kappa shape index (κ1) is 18.2. The summed E-state index contributed by atoms with van der Waals surface area (Å²) in [5.74, 6) is 0.0900. The predicted octanol–water partition coefficient (Wildman–Crippen LogP) is 4.62. The molecule has 9 heteroatoms. The smallest absolute Gasteiger partial charge is 0.223 e. The molecule has 0 amide bonds. The number of imidazole rings is 1. The van der Waals surface area contributed by atoms with Gasteiger partial charge in [0.05, 0.1) is 16.9 Å². The van der Waals surface area contributed by atoms with Crippen molar-refractivity contribution in [2.45, 2.75) is 19.4 Å². The maximum Gasteiger partial charge on any atom is 0.223 e. The van der Waals surface area contributed by atoms with E-state index in [-0.39, 0.29) is 12.4 Å². The van der Waals surface area contributed by atoms with Gasteiger partial charge < -0.3 is 5.32 Å². The monoisotopic (exact) mass is 396 g/mol. The fraction of sp³-hybridized carbons (Fsp3) is 0.211. The zero-order chi connectivity index (χ0) is 19.7. The van der Waals surface area contributed by atoms with Crippen LogP contribution in [0.2, 0.25) is 0 Å². The fourth-order valence-corrected chi connectivity index (χ4v) is 3.61. The Morgan fingerprint density at radius 3 is 2.75 bits per heavy atom. The van der Waals surface area contributed by atoms with E-state index >= 15 is 0 Å². The lowest BCUT2D eigenvalue weighted by Crippen LogP contribution is -2.34. The van der Waals surface area contributed by atoms with E-state index < -0.39 is 5.54 Å². The molecule has 4 aromatic rings. The maximum atomic E-state index is 13.4. The zero-order valence-corrected chi connectivity index (χ0v) is 16.1. The molecule has 1 aromatic carbocycles. The summed E-state index contributed by atoms with van der Waals surface area (Å²) in [5.41, 5.74) is 2.39. The first-order valence-electron chi connectivity index (χ1n) is 8.59. The van der Waals surface area contributed by atoms with Gasteiger partial charge in [0.25, 0.3) is 0 Å². The van der Waals surface area contributed by atoms with E-state index in [1.54, 1.807) is 24.4 Å². The lowest BCUT2D eigenvalue weighted by atomic mass is 10.1. The molecule has 0 saturated carbocycles. The van der Waals surface area contributed by atoms with Gasteiger partial charge in [-0.3, -0.25) is 4.40 Å². The van der Waals surface area contributed by atoms with E-state index in [0.717, 1.165) is 16.2 Å². The number of aromatic nitrogens is 4. The Labute approximate surface area is 164 Å². The van der Waals surface area contributed by atoms with Gasteiger partial charge >= 0.3 is 0 Å². The molecule has 0 unspecified atom stereocenters. The maximum absolute atomic E-state index is 13.4. The van der Waals surface area contributed by atoms with Gasteiger partial charge in [0.15, 0.2) is 4.96 Å². The largest absolute Gasteiger partial charge is 0.347 e. The van der Waals surface area contributed by atoms with Crippen molar-refractivity contribution in [2.24, 2.45) is 5.18 Å². The van der Waals surface area contributed by atoms with Crippen molar-refractivity contribution < 1.29 is 4.39 Å².